The molecule has 126 valence electrons. The van der Waals surface area contributed by atoms with Crippen LogP contribution in [0.3, 0.4) is 0 Å². The topological polar surface area (TPSA) is 64.6 Å². The molecule has 22 heavy (non-hydrogen) atoms. The molecule has 0 aliphatic heterocycles. The van der Waals surface area contributed by atoms with E-state index in [4.69, 9.17) is 9.47 Å². The van der Waals surface area contributed by atoms with Gasteiger partial charge in [-0.3, -0.25) is 0 Å². The largest absolute Gasteiger partial charge is 0.460 e. The number of nitrogens with one attached hydrogen (secondary N) is 1. The molecule has 0 saturated heterocycles. The third kappa shape index (κ3) is 6.50. The van der Waals surface area contributed by atoms with Gasteiger partial charge in [-0.15, -0.1) is 0 Å². The van der Waals surface area contributed by atoms with Gasteiger partial charge in [-0.25, -0.2) is 9.59 Å². The molecule has 0 spiro atoms. The van der Waals surface area contributed by atoms with Gasteiger partial charge in [-0.05, 0) is 44.9 Å². The zero-order chi connectivity index (χ0) is 16.6. The molecule has 0 heterocycles. The summed E-state index contributed by atoms with van der Waals surface area (Å²) >= 11 is 0. The molecular formula is C17H29NO4. The van der Waals surface area contributed by atoms with Crippen molar-refractivity contribution >= 4 is 12.1 Å². The molecule has 1 amide bonds. The van der Waals surface area contributed by atoms with Gasteiger partial charge in [0.05, 0.1) is 6.54 Å². The Morgan fingerprint density at radius 2 is 1.86 bits per heavy atom. The predicted octanol–water partition coefficient (Wildman–Crippen LogP) is 3.58. The average Bonchev–Trinajstić information content (AvgIpc) is 2.43. The van der Waals surface area contributed by atoms with E-state index in [1.165, 1.54) is 6.42 Å². The highest BCUT2D eigenvalue weighted by Crippen LogP contribution is 2.36. The Hall–Kier alpha value is -1.52. The van der Waals surface area contributed by atoms with Crippen LogP contribution in [0.25, 0.3) is 0 Å². The first-order valence-corrected chi connectivity index (χ1v) is 8.14. The summed E-state index contributed by atoms with van der Waals surface area (Å²) in [7, 11) is 0. The summed E-state index contributed by atoms with van der Waals surface area (Å²) in [5, 5.41) is 2.65. The lowest BCUT2D eigenvalue weighted by Gasteiger charge is -2.38. The first-order valence-electron chi connectivity index (χ1n) is 8.14. The molecule has 1 fully saturated rings. The van der Waals surface area contributed by atoms with E-state index >= 15 is 0 Å². The van der Waals surface area contributed by atoms with Crippen molar-refractivity contribution in [3.05, 3.63) is 12.2 Å². The van der Waals surface area contributed by atoms with Gasteiger partial charge in [0, 0.05) is 5.57 Å². The second-order valence-corrected chi connectivity index (χ2v) is 6.57. The van der Waals surface area contributed by atoms with Crippen LogP contribution in [0.5, 0.6) is 0 Å². The maximum atomic E-state index is 12.0. The lowest BCUT2D eigenvalue weighted by molar-refractivity contribution is -0.138. The van der Waals surface area contributed by atoms with Crippen molar-refractivity contribution in [2.45, 2.75) is 64.9 Å². The lowest BCUT2D eigenvalue weighted by Crippen LogP contribution is -2.42. The van der Waals surface area contributed by atoms with Gasteiger partial charge in [0.15, 0.2) is 0 Å². The van der Waals surface area contributed by atoms with Gasteiger partial charge in [-0.1, -0.05) is 26.8 Å². The summed E-state index contributed by atoms with van der Waals surface area (Å²) in [6.07, 6.45) is 5.76. The molecule has 1 N–H and O–H groups in total. The highest BCUT2D eigenvalue weighted by molar-refractivity contribution is 5.86. The summed E-state index contributed by atoms with van der Waals surface area (Å²) < 4.78 is 10.7. The van der Waals surface area contributed by atoms with E-state index in [9.17, 15) is 9.59 Å². The second kappa shape index (κ2) is 8.81. The number of rotatable bonds is 7. The Kier molecular flexibility index (Phi) is 7.42. The fraction of sp³-hybridized carbons (Fsp3) is 0.765. The molecule has 0 atom stereocenters. The molecule has 0 aromatic heterocycles. The van der Waals surface area contributed by atoms with E-state index < -0.39 is 12.1 Å². The van der Waals surface area contributed by atoms with Crippen LogP contribution in [0, 0.1) is 5.92 Å². The van der Waals surface area contributed by atoms with E-state index in [-0.39, 0.29) is 18.8 Å². The summed E-state index contributed by atoms with van der Waals surface area (Å²) in [6.45, 7) is 9.75. The van der Waals surface area contributed by atoms with Crippen LogP contribution in [0.15, 0.2) is 12.2 Å². The minimum Gasteiger partial charge on any atom is -0.460 e. The Bertz CT molecular complexity index is 397. The third-order valence-electron chi connectivity index (χ3n) is 3.81. The lowest BCUT2D eigenvalue weighted by atomic mass is 9.79. The smallest absolute Gasteiger partial charge is 0.407 e. The van der Waals surface area contributed by atoms with Crippen molar-refractivity contribution in [3.8, 4) is 0 Å². The molecule has 0 aromatic carbocycles. The molecular weight excluding hydrogens is 282 g/mol. The van der Waals surface area contributed by atoms with Gasteiger partial charge < -0.3 is 14.8 Å². The Morgan fingerprint density at radius 1 is 1.23 bits per heavy atom. The Balaban J connectivity index is 2.37. The molecule has 5 heteroatoms. The van der Waals surface area contributed by atoms with Crippen LogP contribution in [-0.2, 0) is 14.3 Å². The maximum absolute atomic E-state index is 12.0. The van der Waals surface area contributed by atoms with Crippen molar-refractivity contribution in [1.29, 1.82) is 0 Å². The number of esters is 1. The van der Waals surface area contributed by atoms with Crippen LogP contribution in [0.4, 0.5) is 4.79 Å². The number of carbonyl (C=O) groups is 2. The standard InChI is InChI=1S/C17H29NO4/c1-13(2)12-17(8-6-5-7-9-17)22-16(20)18-10-11-21-15(19)14(3)4/h13H,3,5-12H2,1-2,4H3,(H,18,20). The predicted molar refractivity (Wildman–Crippen MR) is 85.5 cm³/mol. The van der Waals surface area contributed by atoms with Crippen molar-refractivity contribution in [1.82, 2.24) is 5.32 Å². The molecule has 0 aromatic rings. The van der Waals surface area contributed by atoms with Crippen molar-refractivity contribution in [3.63, 3.8) is 0 Å². The summed E-state index contributed by atoms with van der Waals surface area (Å²) in [5.74, 6) is 0.0427. The van der Waals surface area contributed by atoms with E-state index in [1.807, 2.05) is 0 Å². The number of hydrogen-bond donors (Lipinski definition) is 1. The first-order chi connectivity index (χ1) is 10.3. The number of carbonyl (C=O) groups excluding carboxylic acids is 2. The van der Waals surface area contributed by atoms with E-state index in [2.05, 4.69) is 25.7 Å². The molecule has 5 nitrogen and oxygen atoms in total. The van der Waals surface area contributed by atoms with Crippen LogP contribution in [0.1, 0.15) is 59.3 Å². The number of alkyl carbamates (subject to hydrolysis) is 1. The number of ether oxygens (including phenoxy) is 2. The monoisotopic (exact) mass is 311 g/mol. The SMILES string of the molecule is C=C(C)C(=O)OCCNC(=O)OC1(CC(C)C)CCCCC1. The van der Waals surface area contributed by atoms with Gasteiger partial charge in [0.25, 0.3) is 0 Å². The summed E-state index contributed by atoms with van der Waals surface area (Å²) in [4.78, 5) is 23.2. The van der Waals surface area contributed by atoms with E-state index in [0.717, 1.165) is 32.1 Å². The van der Waals surface area contributed by atoms with Crippen LogP contribution in [0.2, 0.25) is 0 Å². The average molecular weight is 311 g/mol. The van der Waals surface area contributed by atoms with Crippen molar-refractivity contribution < 1.29 is 19.1 Å². The summed E-state index contributed by atoms with van der Waals surface area (Å²) in [6, 6.07) is 0. The van der Waals surface area contributed by atoms with Crippen LogP contribution in [-0.4, -0.2) is 30.8 Å². The fourth-order valence-electron chi connectivity index (χ4n) is 2.94. The van der Waals surface area contributed by atoms with E-state index in [0.29, 0.717) is 11.5 Å². The van der Waals surface area contributed by atoms with E-state index in [1.54, 1.807) is 6.92 Å². The summed E-state index contributed by atoms with van der Waals surface area (Å²) in [5.41, 5.74) is 0.0194. The Labute approximate surface area is 133 Å². The highest BCUT2D eigenvalue weighted by Gasteiger charge is 2.36. The zero-order valence-electron chi connectivity index (χ0n) is 14.1. The van der Waals surface area contributed by atoms with Crippen molar-refractivity contribution in [2.24, 2.45) is 5.92 Å². The molecule has 1 saturated carbocycles. The second-order valence-electron chi connectivity index (χ2n) is 6.57. The zero-order valence-corrected chi connectivity index (χ0v) is 14.1. The van der Waals surface area contributed by atoms with Crippen LogP contribution >= 0.6 is 0 Å². The van der Waals surface area contributed by atoms with Crippen molar-refractivity contribution in [2.75, 3.05) is 13.2 Å². The number of amides is 1. The molecule has 1 rings (SSSR count). The third-order valence-corrected chi connectivity index (χ3v) is 3.81. The molecule has 1 aliphatic rings. The van der Waals surface area contributed by atoms with Gasteiger partial charge >= 0.3 is 12.1 Å². The maximum Gasteiger partial charge on any atom is 0.407 e. The number of hydrogen-bond acceptors (Lipinski definition) is 4. The molecule has 0 bridgehead atoms. The molecule has 0 unspecified atom stereocenters. The minimum atomic E-state index is -0.446. The highest BCUT2D eigenvalue weighted by atomic mass is 16.6. The molecule has 1 aliphatic carbocycles. The molecule has 0 radical (unpaired) electrons. The Morgan fingerprint density at radius 3 is 2.41 bits per heavy atom. The first kappa shape index (κ1) is 18.5. The quantitative estimate of drug-likeness (QED) is 0.443. The normalized spacial score (nSPS) is 16.9. The van der Waals surface area contributed by atoms with Crippen LogP contribution < -0.4 is 5.32 Å². The van der Waals surface area contributed by atoms with Gasteiger partial charge in [-0.2, -0.15) is 0 Å². The minimum absolute atomic E-state index is 0.123. The fourth-order valence-corrected chi connectivity index (χ4v) is 2.94. The van der Waals surface area contributed by atoms with Gasteiger partial charge in [0.2, 0.25) is 0 Å². The van der Waals surface area contributed by atoms with Gasteiger partial charge in [0.1, 0.15) is 12.2 Å².